The minimum absolute atomic E-state index is 0.257. The number of aliphatic carboxylic acids is 1. The van der Waals surface area contributed by atoms with Crippen LogP contribution in [0.25, 0.3) is 10.9 Å². The second-order valence-corrected chi connectivity index (χ2v) is 5.60. The highest BCUT2D eigenvalue weighted by atomic mass is 16.5. The molecule has 0 saturated heterocycles. The Hall–Kier alpha value is -1.97. The first kappa shape index (κ1) is 13.0. The molecule has 0 aliphatic heterocycles. The maximum Gasteiger partial charge on any atom is 0.306 e. The van der Waals surface area contributed by atoms with Crippen molar-refractivity contribution in [1.82, 2.24) is 4.57 Å². The summed E-state index contributed by atoms with van der Waals surface area (Å²) in [5, 5.41) is 10.4. The van der Waals surface area contributed by atoms with Crippen molar-refractivity contribution in [1.29, 1.82) is 0 Å². The smallest absolute Gasteiger partial charge is 0.306 e. The second-order valence-electron chi connectivity index (χ2n) is 5.60. The monoisotopic (exact) mass is 273 g/mol. The number of hydrogen-bond acceptors (Lipinski definition) is 2. The molecule has 4 heteroatoms. The summed E-state index contributed by atoms with van der Waals surface area (Å²) < 4.78 is 7.52. The topological polar surface area (TPSA) is 51.5 Å². The van der Waals surface area contributed by atoms with Crippen LogP contribution in [0.1, 0.15) is 23.2 Å². The zero-order valence-corrected chi connectivity index (χ0v) is 12.1. The lowest BCUT2D eigenvalue weighted by atomic mass is 9.87. The van der Waals surface area contributed by atoms with Crippen molar-refractivity contribution in [3.63, 3.8) is 0 Å². The SMILES string of the molecule is COc1cc(C)c2c(c1)c1c(n2C)CC(C(=O)O)CC1. The van der Waals surface area contributed by atoms with E-state index in [2.05, 4.69) is 17.6 Å². The summed E-state index contributed by atoms with van der Waals surface area (Å²) >= 11 is 0. The number of nitrogens with zero attached hydrogens (tertiary/aromatic N) is 1. The summed E-state index contributed by atoms with van der Waals surface area (Å²) in [5.41, 5.74) is 4.82. The van der Waals surface area contributed by atoms with Crippen molar-refractivity contribution >= 4 is 16.9 Å². The fraction of sp³-hybridized carbons (Fsp3) is 0.438. The van der Waals surface area contributed by atoms with Crippen molar-refractivity contribution in [2.45, 2.75) is 26.2 Å². The molecule has 0 radical (unpaired) electrons. The van der Waals surface area contributed by atoms with E-state index in [1.54, 1.807) is 7.11 Å². The van der Waals surface area contributed by atoms with Gasteiger partial charge in [-0.3, -0.25) is 4.79 Å². The van der Waals surface area contributed by atoms with E-state index in [1.165, 1.54) is 22.0 Å². The van der Waals surface area contributed by atoms with E-state index in [9.17, 15) is 9.90 Å². The van der Waals surface area contributed by atoms with E-state index < -0.39 is 5.97 Å². The highest BCUT2D eigenvalue weighted by Gasteiger charge is 2.29. The van der Waals surface area contributed by atoms with E-state index in [1.807, 2.05) is 13.1 Å². The Kier molecular flexibility index (Phi) is 2.96. The molecule has 1 aromatic carbocycles. The lowest BCUT2D eigenvalue weighted by Gasteiger charge is -2.20. The van der Waals surface area contributed by atoms with Crippen LogP contribution in [0.5, 0.6) is 5.75 Å². The number of carbonyl (C=O) groups is 1. The predicted molar refractivity (Wildman–Crippen MR) is 77.4 cm³/mol. The number of carboxylic acid groups (broad SMARTS) is 1. The van der Waals surface area contributed by atoms with Crippen LogP contribution in [0, 0.1) is 12.8 Å². The summed E-state index contributed by atoms with van der Waals surface area (Å²) in [7, 11) is 3.71. The summed E-state index contributed by atoms with van der Waals surface area (Å²) in [6.07, 6.45) is 2.17. The predicted octanol–water partition coefficient (Wildman–Crippen LogP) is 2.68. The van der Waals surface area contributed by atoms with Crippen LogP contribution in [0.15, 0.2) is 12.1 Å². The molecule has 0 spiro atoms. The number of methoxy groups -OCH3 is 1. The molecule has 1 N–H and O–H groups in total. The standard InChI is InChI=1S/C16H19NO3/c1-9-6-11(20-3)8-13-12-5-4-10(16(18)19)7-14(12)17(2)15(9)13/h6,8,10H,4-5,7H2,1-3H3,(H,18,19). The van der Waals surface area contributed by atoms with E-state index in [4.69, 9.17) is 4.74 Å². The van der Waals surface area contributed by atoms with Crippen molar-refractivity contribution in [2.75, 3.05) is 7.11 Å². The van der Waals surface area contributed by atoms with Gasteiger partial charge in [0.15, 0.2) is 0 Å². The van der Waals surface area contributed by atoms with Crippen molar-refractivity contribution < 1.29 is 14.6 Å². The normalized spacial score (nSPS) is 18.1. The average molecular weight is 273 g/mol. The molecule has 106 valence electrons. The molecule has 0 bridgehead atoms. The van der Waals surface area contributed by atoms with Gasteiger partial charge in [0.05, 0.1) is 18.5 Å². The Morgan fingerprint density at radius 1 is 1.45 bits per heavy atom. The Bertz CT molecular complexity index is 700. The van der Waals surface area contributed by atoms with Gasteiger partial charge in [-0.2, -0.15) is 0 Å². The molecule has 1 unspecified atom stereocenters. The molecule has 1 atom stereocenters. The molecule has 20 heavy (non-hydrogen) atoms. The molecule has 1 aromatic heterocycles. The van der Waals surface area contributed by atoms with Crippen LogP contribution in [0.3, 0.4) is 0 Å². The Morgan fingerprint density at radius 3 is 2.85 bits per heavy atom. The Labute approximate surface area is 118 Å². The van der Waals surface area contributed by atoms with Gasteiger partial charge in [0.1, 0.15) is 5.75 Å². The second kappa shape index (κ2) is 4.54. The van der Waals surface area contributed by atoms with Crippen LogP contribution in [-0.4, -0.2) is 22.8 Å². The quantitative estimate of drug-likeness (QED) is 0.915. The van der Waals surface area contributed by atoms with Crippen LogP contribution < -0.4 is 4.74 Å². The van der Waals surface area contributed by atoms with Gasteiger partial charge in [0.2, 0.25) is 0 Å². The first-order valence-corrected chi connectivity index (χ1v) is 6.90. The van der Waals surface area contributed by atoms with Crippen LogP contribution in [0.4, 0.5) is 0 Å². The van der Waals surface area contributed by atoms with E-state index in [-0.39, 0.29) is 5.92 Å². The number of carboxylic acids is 1. The molecule has 2 aromatic rings. The lowest BCUT2D eigenvalue weighted by molar-refractivity contribution is -0.142. The number of aromatic nitrogens is 1. The van der Waals surface area contributed by atoms with Gasteiger partial charge >= 0.3 is 5.97 Å². The van der Waals surface area contributed by atoms with E-state index in [0.29, 0.717) is 6.42 Å². The third kappa shape index (κ3) is 1.79. The summed E-state index contributed by atoms with van der Waals surface area (Å²) in [6.45, 7) is 2.07. The molecular weight excluding hydrogens is 254 g/mol. The molecule has 0 amide bonds. The molecule has 0 fully saturated rings. The molecular formula is C16H19NO3. The van der Waals surface area contributed by atoms with Crippen LogP contribution in [-0.2, 0) is 24.7 Å². The molecule has 1 aliphatic rings. The van der Waals surface area contributed by atoms with Gasteiger partial charge in [0, 0.05) is 24.5 Å². The molecule has 4 nitrogen and oxygen atoms in total. The number of hydrogen-bond donors (Lipinski definition) is 1. The number of rotatable bonds is 2. The molecule has 1 heterocycles. The van der Waals surface area contributed by atoms with Gasteiger partial charge < -0.3 is 14.4 Å². The minimum atomic E-state index is -0.685. The first-order valence-electron chi connectivity index (χ1n) is 6.90. The van der Waals surface area contributed by atoms with Gasteiger partial charge in [0.25, 0.3) is 0 Å². The van der Waals surface area contributed by atoms with Crippen molar-refractivity contribution in [3.05, 3.63) is 29.0 Å². The zero-order valence-electron chi connectivity index (χ0n) is 12.1. The van der Waals surface area contributed by atoms with Gasteiger partial charge in [-0.05, 0) is 43.0 Å². The molecule has 0 saturated carbocycles. The van der Waals surface area contributed by atoms with Gasteiger partial charge in [-0.1, -0.05) is 0 Å². The lowest BCUT2D eigenvalue weighted by Crippen LogP contribution is -2.23. The average Bonchev–Trinajstić information content (AvgIpc) is 2.72. The molecule has 3 rings (SSSR count). The highest BCUT2D eigenvalue weighted by molar-refractivity contribution is 5.90. The number of aryl methyl sites for hydroxylation is 3. The number of benzene rings is 1. The van der Waals surface area contributed by atoms with Crippen molar-refractivity contribution in [2.24, 2.45) is 13.0 Å². The highest BCUT2D eigenvalue weighted by Crippen LogP contribution is 2.37. The van der Waals surface area contributed by atoms with Crippen LogP contribution in [0.2, 0.25) is 0 Å². The maximum absolute atomic E-state index is 11.2. The first-order chi connectivity index (χ1) is 9.52. The van der Waals surface area contributed by atoms with Crippen molar-refractivity contribution in [3.8, 4) is 5.75 Å². The van der Waals surface area contributed by atoms with Crippen LogP contribution >= 0.6 is 0 Å². The Morgan fingerprint density at radius 2 is 2.20 bits per heavy atom. The molecule has 1 aliphatic carbocycles. The van der Waals surface area contributed by atoms with E-state index >= 15 is 0 Å². The largest absolute Gasteiger partial charge is 0.497 e. The summed E-state index contributed by atoms with van der Waals surface area (Å²) in [4.78, 5) is 11.2. The fourth-order valence-corrected chi connectivity index (χ4v) is 3.44. The maximum atomic E-state index is 11.2. The zero-order chi connectivity index (χ0) is 14.4. The van der Waals surface area contributed by atoms with Gasteiger partial charge in [-0.25, -0.2) is 0 Å². The number of ether oxygens (including phenoxy) is 1. The van der Waals surface area contributed by atoms with E-state index in [0.717, 1.165) is 24.3 Å². The number of fused-ring (bicyclic) bond motifs is 3. The van der Waals surface area contributed by atoms with Gasteiger partial charge in [-0.15, -0.1) is 0 Å². The minimum Gasteiger partial charge on any atom is -0.497 e. The summed E-state index contributed by atoms with van der Waals surface area (Å²) in [6, 6.07) is 4.10. The fourth-order valence-electron chi connectivity index (χ4n) is 3.44. The third-order valence-electron chi connectivity index (χ3n) is 4.46. The third-order valence-corrected chi connectivity index (χ3v) is 4.46. The summed E-state index contributed by atoms with van der Waals surface area (Å²) in [5.74, 6) is -0.0771. The Balaban J connectivity index is 2.22.